The van der Waals surface area contributed by atoms with E-state index in [-0.39, 0.29) is 5.82 Å². The van der Waals surface area contributed by atoms with E-state index >= 15 is 0 Å². The number of piperidine rings is 1. The summed E-state index contributed by atoms with van der Waals surface area (Å²) in [4.78, 5) is 0. The van der Waals surface area contributed by atoms with Crippen molar-refractivity contribution < 1.29 is 4.39 Å². The van der Waals surface area contributed by atoms with Gasteiger partial charge >= 0.3 is 0 Å². The first-order valence-electron chi connectivity index (χ1n) is 5.20. The molecule has 1 aromatic carbocycles. The summed E-state index contributed by atoms with van der Waals surface area (Å²) in [7, 11) is 0. The first-order chi connectivity index (χ1) is 7.28. The minimum Gasteiger partial charge on any atom is -0.296 e. The summed E-state index contributed by atoms with van der Waals surface area (Å²) in [6.45, 7) is 0.780. The summed E-state index contributed by atoms with van der Waals surface area (Å²) in [5, 5.41) is 12.4. The molecule has 0 spiro atoms. The normalized spacial score (nSPS) is 25.9. The predicted octanol–water partition coefficient (Wildman–Crippen LogP) is 2.32. The Morgan fingerprint density at radius 2 is 2.13 bits per heavy atom. The van der Waals surface area contributed by atoms with Crippen molar-refractivity contribution in [1.29, 1.82) is 5.26 Å². The lowest BCUT2D eigenvalue weighted by Crippen LogP contribution is -2.45. The molecule has 0 bridgehead atoms. The van der Waals surface area contributed by atoms with E-state index in [2.05, 4.69) is 11.4 Å². The highest BCUT2D eigenvalue weighted by Crippen LogP contribution is 2.31. The van der Waals surface area contributed by atoms with E-state index < -0.39 is 5.54 Å². The van der Waals surface area contributed by atoms with Gasteiger partial charge in [0.15, 0.2) is 0 Å². The topological polar surface area (TPSA) is 35.8 Å². The van der Waals surface area contributed by atoms with E-state index in [0.29, 0.717) is 12.0 Å². The molecule has 0 saturated carbocycles. The molecule has 1 heterocycles. The van der Waals surface area contributed by atoms with Gasteiger partial charge < -0.3 is 0 Å². The molecule has 1 N–H and O–H groups in total. The summed E-state index contributed by atoms with van der Waals surface area (Å²) in [6.07, 6.45) is 2.71. The van der Waals surface area contributed by atoms with Gasteiger partial charge in [-0.15, -0.1) is 0 Å². The fourth-order valence-electron chi connectivity index (χ4n) is 2.10. The van der Waals surface area contributed by atoms with Crippen LogP contribution in [0.1, 0.15) is 24.8 Å². The fourth-order valence-corrected chi connectivity index (χ4v) is 2.10. The molecule has 78 valence electrons. The van der Waals surface area contributed by atoms with Crippen molar-refractivity contribution in [1.82, 2.24) is 5.32 Å². The van der Waals surface area contributed by atoms with Crippen LogP contribution in [0.3, 0.4) is 0 Å². The highest BCUT2D eigenvalue weighted by Gasteiger charge is 2.35. The van der Waals surface area contributed by atoms with Gasteiger partial charge in [-0.3, -0.25) is 5.32 Å². The molecule has 0 radical (unpaired) electrons. The number of nitriles is 1. The minimum atomic E-state index is -0.816. The van der Waals surface area contributed by atoms with Crippen molar-refractivity contribution in [3.05, 3.63) is 35.6 Å². The Bertz CT molecular complexity index is 389. The van der Waals surface area contributed by atoms with Crippen LogP contribution in [0, 0.1) is 17.1 Å². The van der Waals surface area contributed by atoms with Crippen molar-refractivity contribution in [3.8, 4) is 6.07 Å². The quantitative estimate of drug-likeness (QED) is 0.762. The van der Waals surface area contributed by atoms with Crippen LogP contribution in [-0.2, 0) is 5.54 Å². The van der Waals surface area contributed by atoms with Crippen molar-refractivity contribution in [2.75, 3.05) is 6.54 Å². The summed E-state index contributed by atoms with van der Waals surface area (Å²) in [6, 6.07) is 8.74. The van der Waals surface area contributed by atoms with Crippen LogP contribution in [0.25, 0.3) is 0 Å². The van der Waals surface area contributed by atoms with Crippen molar-refractivity contribution in [2.24, 2.45) is 0 Å². The van der Waals surface area contributed by atoms with Gasteiger partial charge in [0.1, 0.15) is 11.4 Å². The van der Waals surface area contributed by atoms with E-state index in [1.54, 1.807) is 18.2 Å². The van der Waals surface area contributed by atoms with E-state index in [1.807, 2.05) is 0 Å². The van der Waals surface area contributed by atoms with Gasteiger partial charge in [-0.2, -0.15) is 5.26 Å². The molecule has 0 amide bonds. The molecule has 3 heteroatoms. The summed E-state index contributed by atoms with van der Waals surface area (Å²) in [5.74, 6) is -0.298. The van der Waals surface area contributed by atoms with Crippen molar-refractivity contribution >= 4 is 0 Å². The second-order valence-corrected chi connectivity index (χ2v) is 3.88. The van der Waals surface area contributed by atoms with Crippen LogP contribution >= 0.6 is 0 Å². The smallest absolute Gasteiger partial charge is 0.135 e. The van der Waals surface area contributed by atoms with Gasteiger partial charge in [-0.05, 0) is 31.9 Å². The van der Waals surface area contributed by atoms with E-state index in [1.165, 1.54) is 6.07 Å². The molecule has 1 unspecified atom stereocenters. The standard InChI is InChI=1S/C12H13FN2/c13-11-6-2-1-5-10(11)12(9-14)7-3-4-8-15-12/h1-2,5-6,15H,3-4,7-8H2. The number of rotatable bonds is 1. The molecule has 2 rings (SSSR count). The summed E-state index contributed by atoms with van der Waals surface area (Å²) < 4.78 is 13.6. The number of benzene rings is 1. The minimum absolute atomic E-state index is 0.298. The van der Waals surface area contributed by atoms with Crippen LogP contribution in [0.2, 0.25) is 0 Å². The fraction of sp³-hybridized carbons (Fsp3) is 0.417. The Labute approximate surface area is 88.7 Å². The second-order valence-electron chi connectivity index (χ2n) is 3.88. The molecular formula is C12H13FN2. The lowest BCUT2D eigenvalue weighted by molar-refractivity contribution is 0.320. The monoisotopic (exact) mass is 204 g/mol. The number of nitrogens with zero attached hydrogens (tertiary/aromatic N) is 1. The molecule has 2 nitrogen and oxygen atoms in total. The Hall–Kier alpha value is -1.40. The van der Waals surface area contributed by atoms with Crippen LogP contribution in [0.5, 0.6) is 0 Å². The third-order valence-electron chi connectivity index (χ3n) is 2.93. The average molecular weight is 204 g/mol. The van der Waals surface area contributed by atoms with Gasteiger partial charge in [0.2, 0.25) is 0 Å². The Kier molecular flexibility index (Phi) is 2.70. The molecule has 1 aromatic rings. The van der Waals surface area contributed by atoms with Crippen LogP contribution in [0.4, 0.5) is 4.39 Å². The van der Waals surface area contributed by atoms with Crippen molar-refractivity contribution in [2.45, 2.75) is 24.8 Å². The highest BCUT2D eigenvalue weighted by atomic mass is 19.1. The number of halogens is 1. The third-order valence-corrected chi connectivity index (χ3v) is 2.93. The maximum absolute atomic E-state index is 13.6. The zero-order chi connectivity index (χ0) is 10.7. The molecule has 1 atom stereocenters. The van der Waals surface area contributed by atoms with Crippen LogP contribution in [0.15, 0.2) is 24.3 Å². The van der Waals surface area contributed by atoms with Crippen LogP contribution in [-0.4, -0.2) is 6.54 Å². The molecule has 1 aliphatic rings. The van der Waals surface area contributed by atoms with Gasteiger partial charge in [0, 0.05) is 5.56 Å². The molecule has 0 aromatic heterocycles. The zero-order valence-corrected chi connectivity index (χ0v) is 8.46. The number of hydrogen-bond donors (Lipinski definition) is 1. The van der Waals surface area contributed by atoms with E-state index in [0.717, 1.165) is 19.4 Å². The van der Waals surface area contributed by atoms with Gasteiger partial charge in [-0.25, -0.2) is 4.39 Å². The largest absolute Gasteiger partial charge is 0.296 e. The second kappa shape index (κ2) is 4.00. The molecular weight excluding hydrogens is 191 g/mol. The number of nitrogens with one attached hydrogen (secondary N) is 1. The van der Waals surface area contributed by atoms with Gasteiger partial charge in [-0.1, -0.05) is 18.2 Å². The SMILES string of the molecule is N#CC1(c2ccccc2F)CCCCN1. The van der Waals surface area contributed by atoms with E-state index in [9.17, 15) is 9.65 Å². The maximum atomic E-state index is 13.6. The first kappa shape index (κ1) is 10.1. The Balaban J connectivity index is 2.42. The summed E-state index contributed by atoms with van der Waals surface area (Å²) >= 11 is 0. The van der Waals surface area contributed by atoms with Gasteiger partial charge in [0.05, 0.1) is 6.07 Å². The lowest BCUT2D eigenvalue weighted by atomic mass is 9.83. The van der Waals surface area contributed by atoms with Crippen molar-refractivity contribution in [3.63, 3.8) is 0 Å². The van der Waals surface area contributed by atoms with Gasteiger partial charge in [0.25, 0.3) is 0 Å². The molecule has 1 saturated heterocycles. The molecule has 1 aliphatic heterocycles. The first-order valence-corrected chi connectivity index (χ1v) is 5.20. The Morgan fingerprint density at radius 3 is 2.73 bits per heavy atom. The molecule has 1 fully saturated rings. The lowest BCUT2D eigenvalue weighted by Gasteiger charge is -2.32. The Morgan fingerprint density at radius 1 is 1.33 bits per heavy atom. The average Bonchev–Trinajstić information content (AvgIpc) is 2.30. The molecule has 15 heavy (non-hydrogen) atoms. The third kappa shape index (κ3) is 1.73. The zero-order valence-electron chi connectivity index (χ0n) is 8.46. The van der Waals surface area contributed by atoms with E-state index in [4.69, 9.17) is 0 Å². The molecule has 0 aliphatic carbocycles. The highest BCUT2D eigenvalue weighted by molar-refractivity contribution is 5.33. The number of hydrogen-bond acceptors (Lipinski definition) is 2. The maximum Gasteiger partial charge on any atom is 0.135 e. The van der Waals surface area contributed by atoms with Crippen LogP contribution < -0.4 is 5.32 Å². The summed E-state index contributed by atoms with van der Waals surface area (Å²) in [5.41, 5.74) is -0.337. The predicted molar refractivity (Wildman–Crippen MR) is 55.5 cm³/mol.